The average Bonchev–Trinajstić information content (AvgIpc) is 3.82. The van der Waals surface area contributed by atoms with Crippen LogP contribution in [0.1, 0.15) is 76.8 Å². The van der Waals surface area contributed by atoms with E-state index in [0.717, 1.165) is 57.6 Å². The first-order valence-electron chi connectivity index (χ1n) is 15.6. The molecule has 2 amide bonds. The van der Waals surface area contributed by atoms with Gasteiger partial charge < -0.3 is 29.9 Å². The highest BCUT2D eigenvalue weighted by molar-refractivity contribution is 6.03. The molecule has 2 saturated carbocycles. The highest BCUT2D eigenvalue weighted by Crippen LogP contribution is 2.57. The molecular formula is C33H34F4N6O4. The predicted octanol–water partition coefficient (Wildman–Crippen LogP) is 6.00. The quantitative estimate of drug-likeness (QED) is 0.299. The number of amides is 2. The molecule has 0 unspecified atom stereocenters. The molecule has 0 bridgehead atoms. The molecular weight excluding hydrogens is 620 g/mol. The third kappa shape index (κ3) is 5.22. The first kappa shape index (κ1) is 31.2. The minimum atomic E-state index is -4.88. The van der Waals surface area contributed by atoms with Gasteiger partial charge in [-0.3, -0.25) is 9.59 Å². The molecule has 4 aliphatic rings. The summed E-state index contributed by atoms with van der Waals surface area (Å²) in [5, 5.41) is 5.62. The molecule has 0 radical (unpaired) electrons. The van der Waals surface area contributed by atoms with Crippen molar-refractivity contribution < 1.29 is 36.6 Å². The molecule has 0 atom stereocenters. The summed E-state index contributed by atoms with van der Waals surface area (Å²) >= 11 is 0. The maximum Gasteiger partial charge on any atom is 0.423 e. The monoisotopic (exact) mass is 654 g/mol. The third-order valence-electron chi connectivity index (χ3n) is 10.4. The van der Waals surface area contributed by atoms with Gasteiger partial charge in [-0.25, -0.2) is 9.37 Å². The summed E-state index contributed by atoms with van der Waals surface area (Å²) in [4.78, 5) is 37.9. The van der Waals surface area contributed by atoms with Crippen molar-refractivity contribution in [2.24, 2.45) is 0 Å². The molecule has 7 rings (SSSR count). The number of nitrogens with zero attached hydrogens (tertiary/aromatic N) is 4. The summed E-state index contributed by atoms with van der Waals surface area (Å²) in [6.45, 7) is 1.07. The van der Waals surface area contributed by atoms with Gasteiger partial charge in [-0.1, -0.05) is 12.1 Å². The van der Waals surface area contributed by atoms with E-state index in [0.29, 0.717) is 11.8 Å². The summed E-state index contributed by atoms with van der Waals surface area (Å²) in [5.74, 6) is -3.01. The van der Waals surface area contributed by atoms with Gasteiger partial charge in [0.2, 0.25) is 11.8 Å². The molecule has 2 N–H and O–H groups in total. The molecule has 2 aromatic carbocycles. The molecule has 1 aromatic heterocycles. The minimum absolute atomic E-state index is 0.0204. The number of alkyl halides is 3. The second-order valence-corrected chi connectivity index (χ2v) is 12.9. The molecule has 248 valence electrons. The Balaban J connectivity index is 1.13. The van der Waals surface area contributed by atoms with Crippen LogP contribution in [0.4, 0.5) is 29.2 Å². The number of hydrogen-bond donors (Lipinski definition) is 2. The lowest BCUT2D eigenvalue weighted by Gasteiger charge is -2.54. The van der Waals surface area contributed by atoms with Gasteiger partial charge in [-0.05, 0) is 69.7 Å². The minimum Gasteiger partial charge on any atom is -0.495 e. The smallest absolute Gasteiger partial charge is 0.423 e. The van der Waals surface area contributed by atoms with Crippen molar-refractivity contribution in [3.8, 4) is 17.4 Å². The zero-order valence-corrected chi connectivity index (χ0v) is 26.1. The predicted molar refractivity (Wildman–Crippen MR) is 162 cm³/mol. The number of benzene rings is 2. The second-order valence-electron chi connectivity index (χ2n) is 12.9. The first-order chi connectivity index (χ1) is 22.3. The van der Waals surface area contributed by atoms with E-state index < -0.39 is 34.9 Å². The van der Waals surface area contributed by atoms with Crippen LogP contribution < -0.4 is 20.1 Å². The number of halogens is 4. The van der Waals surface area contributed by atoms with Crippen LogP contribution >= 0.6 is 0 Å². The number of ether oxygens (including phenoxy) is 2. The van der Waals surface area contributed by atoms with Crippen LogP contribution in [0.15, 0.2) is 36.5 Å². The van der Waals surface area contributed by atoms with Crippen LogP contribution in [0, 0.1) is 5.82 Å². The number of methoxy groups -OCH3 is 1. The molecule has 3 heterocycles. The number of carbonyl (C=O) groups excluding carboxylic acids is 2. The number of hydrogen-bond acceptors (Lipinski definition) is 8. The zero-order chi connectivity index (χ0) is 33.3. The number of fused-ring (bicyclic) bond motifs is 2. The number of aromatic nitrogens is 2. The van der Waals surface area contributed by atoms with Gasteiger partial charge in [-0.2, -0.15) is 18.2 Å². The fraction of sp³-hybridized carbons (Fsp3) is 0.455. The third-order valence-corrected chi connectivity index (χ3v) is 10.4. The molecule has 14 heteroatoms. The lowest BCUT2D eigenvalue weighted by Crippen LogP contribution is -2.60. The van der Waals surface area contributed by atoms with E-state index in [9.17, 15) is 22.8 Å². The normalized spacial score (nSPS) is 23.0. The largest absolute Gasteiger partial charge is 0.495 e. The van der Waals surface area contributed by atoms with Crippen molar-refractivity contribution in [3.05, 3.63) is 64.6 Å². The van der Waals surface area contributed by atoms with Crippen molar-refractivity contribution in [1.82, 2.24) is 25.1 Å². The zero-order valence-electron chi connectivity index (χ0n) is 26.1. The van der Waals surface area contributed by atoms with Gasteiger partial charge in [0.15, 0.2) is 0 Å². The summed E-state index contributed by atoms with van der Waals surface area (Å²) < 4.78 is 68.5. The van der Waals surface area contributed by atoms with Gasteiger partial charge in [0.1, 0.15) is 22.9 Å². The molecule has 2 spiro atoms. The van der Waals surface area contributed by atoms with Crippen molar-refractivity contribution >= 4 is 23.5 Å². The maximum atomic E-state index is 15.3. The Hall–Kier alpha value is -4.46. The number of anilines is 2. The van der Waals surface area contributed by atoms with Crippen LogP contribution in [0.25, 0.3) is 0 Å². The molecule has 3 fully saturated rings. The number of nitrogens with one attached hydrogen (secondary N) is 2. The number of carbonyl (C=O) groups is 2. The average molecular weight is 655 g/mol. The summed E-state index contributed by atoms with van der Waals surface area (Å²) in [6, 6.07) is 6.96. The SMILES string of the molecule is COc1cc(C(=O)NC2CCC3(CC2)CCN3C)c(F)cc1Nc1ncc(C(F)(F)F)c(Oc2cccc3c2C(=O)N(C)C32CC2)n1. The Morgan fingerprint density at radius 1 is 1.06 bits per heavy atom. The highest BCUT2D eigenvalue weighted by Gasteiger charge is 2.57. The van der Waals surface area contributed by atoms with Crippen LogP contribution in [-0.4, -0.2) is 70.9 Å². The van der Waals surface area contributed by atoms with Crippen molar-refractivity contribution in [1.29, 1.82) is 0 Å². The van der Waals surface area contributed by atoms with E-state index in [-0.39, 0.29) is 51.7 Å². The Kier molecular flexibility index (Phi) is 7.34. The number of rotatable bonds is 7. The Morgan fingerprint density at radius 3 is 2.43 bits per heavy atom. The lowest BCUT2D eigenvalue weighted by atomic mass is 9.71. The second kappa shape index (κ2) is 11.1. The molecule has 2 aliphatic carbocycles. The van der Waals surface area contributed by atoms with Crippen molar-refractivity contribution in [2.45, 2.75) is 68.2 Å². The summed E-state index contributed by atoms with van der Waals surface area (Å²) in [6.07, 6.45) is 1.82. The fourth-order valence-corrected chi connectivity index (χ4v) is 7.25. The summed E-state index contributed by atoms with van der Waals surface area (Å²) in [5.41, 5.74) is -0.875. The van der Waals surface area contributed by atoms with E-state index in [1.807, 2.05) is 0 Å². The van der Waals surface area contributed by atoms with E-state index >= 15 is 4.39 Å². The topological polar surface area (TPSA) is 109 Å². The molecule has 2 aliphatic heterocycles. The molecule has 3 aromatic rings. The van der Waals surface area contributed by atoms with Gasteiger partial charge in [0, 0.05) is 37.4 Å². The highest BCUT2D eigenvalue weighted by atomic mass is 19.4. The van der Waals surface area contributed by atoms with Crippen LogP contribution in [0.2, 0.25) is 0 Å². The van der Waals surface area contributed by atoms with Gasteiger partial charge in [0.25, 0.3) is 11.8 Å². The first-order valence-corrected chi connectivity index (χ1v) is 15.6. The van der Waals surface area contributed by atoms with Gasteiger partial charge in [0.05, 0.1) is 29.5 Å². The lowest BCUT2D eigenvalue weighted by molar-refractivity contribution is -0.139. The van der Waals surface area contributed by atoms with Crippen LogP contribution in [0.5, 0.6) is 17.4 Å². The fourth-order valence-electron chi connectivity index (χ4n) is 7.25. The summed E-state index contributed by atoms with van der Waals surface area (Å²) in [7, 11) is 5.09. The molecule has 47 heavy (non-hydrogen) atoms. The van der Waals surface area contributed by atoms with Crippen molar-refractivity contribution in [2.75, 3.05) is 33.1 Å². The van der Waals surface area contributed by atoms with Crippen LogP contribution in [-0.2, 0) is 11.7 Å². The Bertz CT molecular complexity index is 1770. The molecule has 10 nitrogen and oxygen atoms in total. The van der Waals surface area contributed by atoms with E-state index in [4.69, 9.17) is 9.47 Å². The van der Waals surface area contributed by atoms with E-state index in [1.165, 1.54) is 19.2 Å². The van der Waals surface area contributed by atoms with E-state index in [2.05, 4.69) is 32.5 Å². The Morgan fingerprint density at radius 2 is 1.81 bits per heavy atom. The van der Waals surface area contributed by atoms with Gasteiger partial charge in [-0.15, -0.1) is 0 Å². The molecule has 1 saturated heterocycles. The van der Waals surface area contributed by atoms with E-state index in [1.54, 1.807) is 24.1 Å². The Labute approximate surface area is 268 Å². The van der Waals surface area contributed by atoms with Crippen molar-refractivity contribution in [3.63, 3.8) is 0 Å². The van der Waals surface area contributed by atoms with Gasteiger partial charge >= 0.3 is 6.18 Å². The van der Waals surface area contributed by atoms with Crippen LogP contribution in [0.3, 0.4) is 0 Å². The maximum absolute atomic E-state index is 15.3. The number of likely N-dealkylation sites (tertiary alicyclic amines) is 1. The standard InChI is InChI=1S/C33H34F4N6O4/c1-42-14-13-31(42)9-7-18(8-10-31)39-27(44)19-15-25(46-3)23(16-22(19)34)40-30-38-17-21(33(35,36)37)28(41-30)47-24-6-4-5-20-26(24)29(45)43(2)32(20)11-12-32/h4-6,15-18H,7-14H2,1-3H3,(H,39,44)(H,38,40,41).